The highest BCUT2D eigenvalue weighted by molar-refractivity contribution is 5.79. The molecule has 0 N–H and O–H groups in total. The second-order valence-electron chi connectivity index (χ2n) is 7.42. The zero-order valence-electron chi connectivity index (χ0n) is 17.6. The number of carbonyl (C=O) groups is 1. The second kappa shape index (κ2) is 9.02. The molecule has 0 radical (unpaired) electrons. The van der Waals surface area contributed by atoms with Gasteiger partial charge in [0.2, 0.25) is 5.91 Å². The third-order valence-electron chi connectivity index (χ3n) is 5.24. The van der Waals surface area contributed by atoms with Crippen LogP contribution in [0.5, 0.6) is 17.2 Å². The number of carbonyl (C=O) groups excluding carboxylic acids is 1. The van der Waals surface area contributed by atoms with Crippen LogP contribution in [-0.4, -0.2) is 43.1 Å². The van der Waals surface area contributed by atoms with Crippen LogP contribution in [0.2, 0.25) is 0 Å². The first-order valence-electron chi connectivity index (χ1n) is 9.78. The molecular formula is C22H26N2O6. The molecule has 0 aromatic heterocycles. The maximum Gasteiger partial charge on any atom is 0.269 e. The molecule has 1 heterocycles. The van der Waals surface area contributed by atoms with Gasteiger partial charge in [0.25, 0.3) is 5.69 Å². The summed E-state index contributed by atoms with van der Waals surface area (Å²) in [6, 6.07) is 9.46. The summed E-state index contributed by atoms with van der Waals surface area (Å²) in [4.78, 5) is 25.1. The van der Waals surface area contributed by atoms with Crippen molar-refractivity contribution in [2.45, 2.75) is 26.3 Å². The van der Waals surface area contributed by atoms with Gasteiger partial charge in [-0.25, -0.2) is 0 Å². The molecule has 2 aromatic carbocycles. The van der Waals surface area contributed by atoms with Crippen LogP contribution in [0.1, 0.15) is 31.0 Å². The molecule has 1 aliphatic rings. The minimum absolute atomic E-state index is 0.00111. The van der Waals surface area contributed by atoms with Crippen LogP contribution in [0.4, 0.5) is 5.69 Å². The quantitative estimate of drug-likeness (QED) is 0.506. The van der Waals surface area contributed by atoms with Crippen molar-refractivity contribution in [1.82, 2.24) is 4.90 Å². The van der Waals surface area contributed by atoms with Crippen LogP contribution in [0.3, 0.4) is 0 Å². The highest BCUT2D eigenvalue weighted by Crippen LogP contribution is 2.39. The molecular weight excluding hydrogens is 388 g/mol. The normalized spacial score (nSPS) is 15.5. The van der Waals surface area contributed by atoms with Crippen LogP contribution >= 0.6 is 0 Å². The molecule has 0 aliphatic carbocycles. The van der Waals surface area contributed by atoms with E-state index in [4.69, 9.17) is 14.2 Å². The lowest BCUT2D eigenvalue weighted by molar-refractivity contribution is -0.384. The summed E-state index contributed by atoms with van der Waals surface area (Å²) in [5, 5.41) is 10.8. The number of nitro benzene ring substituents is 1. The molecule has 1 atom stereocenters. The van der Waals surface area contributed by atoms with E-state index in [1.54, 1.807) is 26.4 Å². The van der Waals surface area contributed by atoms with Crippen LogP contribution in [0.25, 0.3) is 0 Å². The number of non-ortho nitro benzene ring substituents is 1. The Morgan fingerprint density at radius 2 is 1.80 bits per heavy atom. The smallest absolute Gasteiger partial charge is 0.269 e. The zero-order chi connectivity index (χ0) is 21.8. The van der Waals surface area contributed by atoms with Gasteiger partial charge in [0, 0.05) is 24.6 Å². The minimum atomic E-state index is -0.455. The van der Waals surface area contributed by atoms with Gasteiger partial charge < -0.3 is 19.1 Å². The summed E-state index contributed by atoms with van der Waals surface area (Å²) in [5.41, 5.74) is 2.03. The van der Waals surface area contributed by atoms with Gasteiger partial charge in [0.05, 0.1) is 25.2 Å². The van der Waals surface area contributed by atoms with Crippen molar-refractivity contribution in [3.63, 3.8) is 0 Å². The third-order valence-corrected chi connectivity index (χ3v) is 5.24. The van der Waals surface area contributed by atoms with Crippen LogP contribution < -0.4 is 14.2 Å². The van der Waals surface area contributed by atoms with Gasteiger partial charge in [-0.2, -0.15) is 0 Å². The summed E-state index contributed by atoms with van der Waals surface area (Å²) >= 11 is 0. The fourth-order valence-electron chi connectivity index (χ4n) is 3.64. The summed E-state index contributed by atoms with van der Waals surface area (Å²) < 4.78 is 16.8. The Hall–Kier alpha value is -3.29. The molecule has 0 saturated carbocycles. The molecule has 0 unspecified atom stereocenters. The van der Waals surface area contributed by atoms with Crippen molar-refractivity contribution in [2.75, 3.05) is 27.4 Å². The van der Waals surface area contributed by atoms with Crippen molar-refractivity contribution in [3.8, 4) is 17.2 Å². The second-order valence-corrected chi connectivity index (χ2v) is 7.42. The molecule has 1 amide bonds. The van der Waals surface area contributed by atoms with Crippen LogP contribution in [-0.2, 0) is 11.2 Å². The molecule has 30 heavy (non-hydrogen) atoms. The Balaban J connectivity index is 1.92. The van der Waals surface area contributed by atoms with Gasteiger partial charge in [-0.1, -0.05) is 13.8 Å². The number of rotatable bonds is 7. The van der Waals surface area contributed by atoms with E-state index in [1.807, 2.05) is 30.9 Å². The van der Waals surface area contributed by atoms with E-state index < -0.39 is 4.92 Å². The molecule has 2 aromatic rings. The minimum Gasteiger partial charge on any atom is -0.493 e. The summed E-state index contributed by atoms with van der Waals surface area (Å²) in [6.45, 7) is 4.55. The number of hydrogen-bond acceptors (Lipinski definition) is 6. The molecule has 8 heteroatoms. The van der Waals surface area contributed by atoms with Gasteiger partial charge in [-0.15, -0.1) is 0 Å². The number of fused-ring (bicyclic) bond motifs is 1. The zero-order valence-corrected chi connectivity index (χ0v) is 17.6. The van der Waals surface area contributed by atoms with E-state index >= 15 is 0 Å². The first kappa shape index (κ1) is 21.4. The third kappa shape index (κ3) is 4.32. The van der Waals surface area contributed by atoms with Gasteiger partial charge in [-0.05, 0) is 41.8 Å². The van der Waals surface area contributed by atoms with E-state index in [2.05, 4.69) is 0 Å². The monoisotopic (exact) mass is 414 g/mol. The summed E-state index contributed by atoms with van der Waals surface area (Å²) in [5.74, 6) is 1.65. The van der Waals surface area contributed by atoms with Crippen molar-refractivity contribution < 1.29 is 23.9 Å². The highest BCUT2D eigenvalue weighted by Gasteiger charge is 2.33. The van der Waals surface area contributed by atoms with E-state index in [-0.39, 0.29) is 30.2 Å². The number of benzene rings is 2. The Morgan fingerprint density at radius 3 is 2.37 bits per heavy atom. The number of nitrogens with zero attached hydrogens (tertiary/aromatic N) is 2. The van der Waals surface area contributed by atoms with E-state index in [0.717, 1.165) is 11.1 Å². The Labute approximate surface area is 175 Å². The Kier molecular flexibility index (Phi) is 6.44. The topological polar surface area (TPSA) is 91.1 Å². The molecule has 0 saturated heterocycles. The fourth-order valence-corrected chi connectivity index (χ4v) is 3.64. The first-order chi connectivity index (χ1) is 14.3. The molecule has 3 rings (SSSR count). The maximum atomic E-state index is 12.9. The van der Waals surface area contributed by atoms with Crippen molar-refractivity contribution in [2.24, 2.45) is 5.92 Å². The Morgan fingerprint density at radius 1 is 1.17 bits per heavy atom. The van der Waals surface area contributed by atoms with E-state index in [9.17, 15) is 14.9 Å². The predicted molar refractivity (Wildman–Crippen MR) is 111 cm³/mol. The average Bonchev–Trinajstić information content (AvgIpc) is 2.75. The van der Waals surface area contributed by atoms with Gasteiger partial charge in [-0.3, -0.25) is 14.9 Å². The summed E-state index contributed by atoms with van der Waals surface area (Å²) in [6.07, 6.45) is 0.710. The lowest BCUT2D eigenvalue weighted by Crippen LogP contribution is -2.44. The largest absolute Gasteiger partial charge is 0.493 e. The van der Waals surface area contributed by atoms with Crippen molar-refractivity contribution in [1.29, 1.82) is 0 Å². The van der Waals surface area contributed by atoms with Crippen LogP contribution in [0, 0.1) is 16.0 Å². The van der Waals surface area contributed by atoms with Gasteiger partial charge in [0.1, 0.15) is 12.4 Å². The molecule has 0 spiro atoms. The van der Waals surface area contributed by atoms with Crippen molar-refractivity contribution in [3.05, 3.63) is 57.6 Å². The SMILES string of the molecule is COc1cc2c(cc1OC)[C@H](COc1ccc([N+](=O)[O-])cc1)N(C(=O)C(C)C)CC2. The lowest BCUT2D eigenvalue weighted by atomic mass is 9.91. The van der Waals surface area contributed by atoms with E-state index in [0.29, 0.717) is 30.2 Å². The number of nitro groups is 1. The molecule has 160 valence electrons. The highest BCUT2D eigenvalue weighted by atomic mass is 16.6. The van der Waals surface area contributed by atoms with E-state index in [1.165, 1.54) is 12.1 Å². The van der Waals surface area contributed by atoms with Crippen LogP contribution in [0.15, 0.2) is 36.4 Å². The number of methoxy groups -OCH3 is 2. The standard InChI is InChI=1S/C22H26N2O6/c1-14(2)22(25)23-10-9-15-11-20(28-3)21(29-4)12-18(15)19(23)13-30-17-7-5-16(6-8-17)24(26)27/h5-8,11-12,14,19H,9-10,13H2,1-4H3/t19-/m0/s1. The Bertz CT molecular complexity index is 926. The number of amides is 1. The molecule has 0 bridgehead atoms. The van der Waals surface area contributed by atoms with Gasteiger partial charge >= 0.3 is 0 Å². The lowest BCUT2D eigenvalue weighted by Gasteiger charge is -2.38. The molecule has 1 aliphatic heterocycles. The number of hydrogen-bond donors (Lipinski definition) is 0. The number of ether oxygens (including phenoxy) is 3. The fraction of sp³-hybridized carbons (Fsp3) is 0.409. The predicted octanol–water partition coefficient (Wildman–Crippen LogP) is 3.77. The molecule has 0 fully saturated rings. The van der Waals surface area contributed by atoms with Crippen molar-refractivity contribution >= 4 is 11.6 Å². The first-order valence-corrected chi connectivity index (χ1v) is 9.78. The average molecular weight is 414 g/mol. The van der Waals surface area contributed by atoms with Gasteiger partial charge in [0.15, 0.2) is 11.5 Å². The summed E-state index contributed by atoms with van der Waals surface area (Å²) in [7, 11) is 3.17. The molecule has 8 nitrogen and oxygen atoms in total. The maximum absolute atomic E-state index is 12.9.